The molecule has 1 aliphatic heterocycles. The SMILES string of the molecule is CN1c2ccccc2C(=O)Nc2cnc(Nc3ccc(S(N)(=O)=O)cc3)nc21. The van der Waals surface area contributed by atoms with E-state index in [2.05, 4.69) is 20.6 Å². The molecule has 2 aromatic carbocycles. The van der Waals surface area contributed by atoms with E-state index in [1.807, 2.05) is 19.2 Å². The third kappa shape index (κ3) is 3.26. The quantitative estimate of drug-likeness (QED) is 0.618. The lowest BCUT2D eigenvalue weighted by Gasteiger charge is -2.19. The van der Waals surface area contributed by atoms with Crippen molar-refractivity contribution in [2.24, 2.45) is 5.14 Å². The van der Waals surface area contributed by atoms with Gasteiger partial charge in [0.1, 0.15) is 5.69 Å². The fourth-order valence-corrected chi connectivity index (χ4v) is 3.41. The second-order valence-corrected chi connectivity index (χ2v) is 7.72. The van der Waals surface area contributed by atoms with E-state index in [-0.39, 0.29) is 10.8 Å². The standard InChI is InChI=1S/C18H16N6O3S/c1-24-15-5-3-2-4-13(15)17(25)22-14-10-20-18(23-16(14)24)21-11-6-8-12(9-7-11)28(19,26)27/h2-10H,1H3,(H,22,25)(H2,19,26,27)(H,20,21,23). The number of nitrogens with two attached hydrogens (primary N) is 1. The van der Waals surface area contributed by atoms with E-state index >= 15 is 0 Å². The first kappa shape index (κ1) is 17.9. The van der Waals surface area contributed by atoms with Crippen LogP contribution < -0.4 is 20.7 Å². The number of nitrogens with one attached hydrogen (secondary N) is 2. The maximum absolute atomic E-state index is 12.4. The molecule has 1 amide bonds. The Balaban J connectivity index is 1.67. The minimum Gasteiger partial charge on any atom is -0.327 e. The van der Waals surface area contributed by atoms with Crippen LogP contribution in [0.25, 0.3) is 0 Å². The molecule has 10 heteroatoms. The number of carbonyl (C=O) groups is 1. The average molecular weight is 396 g/mol. The van der Waals surface area contributed by atoms with E-state index in [0.29, 0.717) is 28.7 Å². The number of aromatic nitrogens is 2. The van der Waals surface area contributed by atoms with Crippen LogP contribution in [0.15, 0.2) is 59.6 Å². The van der Waals surface area contributed by atoms with Crippen LogP contribution in [0.2, 0.25) is 0 Å². The molecule has 0 fully saturated rings. The van der Waals surface area contributed by atoms with Crippen molar-refractivity contribution in [3.63, 3.8) is 0 Å². The van der Waals surface area contributed by atoms with Crippen LogP contribution in [0, 0.1) is 0 Å². The van der Waals surface area contributed by atoms with Crippen LogP contribution in [0.1, 0.15) is 10.4 Å². The molecule has 4 rings (SSSR count). The number of nitrogens with zero attached hydrogens (tertiary/aromatic N) is 3. The molecule has 1 aromatic heterocycles. The van der Waals surface area contributed by atoms with Crippen LogP contribution in [0.3, 0.4) is 0 Å². The first-order chi connectivity index (χ1) is 13.3. The Morgan fingerprint density at radius 3 is 2.54 bits per heavy atom. The van der Waals surface area contributed by atoms with Crippen LogP contribution >= 0.6 is 0 Å². The van der Waals surface area contributed by atoms with Gasteiger partial charge in [0.25, 0.3) is 5.91 Å². The molecule has 142 valence electrons. The first-order valence-electron chi connectivity index (χ1n) is 8.24. The fourth-order valence-electron chi connectivity index (χ4n) is 2.90. The van der Waals surface area contributed by atoms with Gasteiger partial charge in [0.15, 0.2) is 5.82 Å². The van der Waals surface area contributed by atoms with Crippen molar-refractivity contribution in [1.29, 1.82) is 0 Å². The molecule has 0 spiro atoms. The molecule has 0 unspecified atom stereocenters. The number of para-hydroxylation sites is 1. The average Bonchev–Trinajstić information content (AvgIpc) is 2.77. The van der Waals surface area contributed by atoms with Gasteiger partial charge in [0.05, 0.1) is 22.3 Å². The molecule has 0 bridgehead atoms. The van der Waals surface area contributed by atoms with Gasteiger partial charge in [0, 0.05) is 12.7 Å². The Kier molecular flexibility index (Phi) is 4.21. The Hall–Kier alpha value is -3.50. The molecule has 0 saturated carbocycles. The molecular formula is C18H16N6O3S. The van der Waals surface area contributed by atoms with E-state index in [1.54, 1.807) is 29.2 Å². The number of hydrogen-bond donors (Lipinski definition) is 3. The van der Waals surface area contributed by atoms with Gasteiger partial charge in [0.2, 0.25) is 16.0 Å². The number of sulfonamides is 1. The Morgan fingerprint density at radius 2 is 1.82 bits per heavy atom. The number of primary sulfonamides is 1. The fraction of sp³-hybridized carbons (Fsp3) is 0.0556. The van der Waals surface area contributed by atoms with E-state index in [9.17, 15) is 13.2 Å². The highest BCUT2D eigenvalue weighted by Crippen LogP contribution is 2.35. The second-order valence-electron chi connectivity index (χ2n) is 6.16. The van der Waals surface area contributed by atoms with Gasteiger partial charge < -0.3 is 15.5 Å². The Morgan fingerprint density at radius 1 is 1.11 bits per heavy atom. The maximum Gasteiger partial charge on any atom is 0.257 e. The molecule has 3 aromatic rings. The maximum atomic E-state index is 12.4. The summed E-state index contributed by atoms with van der Waals surface area (Å²) >= 11 is 0. The van der Waals surface area contributed by atoms with Crippen molar-refractivity contribution < 1.29 is 13.2 Å². The van der Waals surface area contributed by atoms with E-state index in [0.717, 1.165) is 5.69 Å². The van der Waals surface area contributed by atoms with Gasteiger partial charge >= 0.3 is 0 Å². The molecule has 2 heterocycles. The van der Waals surface area contributed by atoms with Crippen LogP contribution in [0.4, 0.5) is 28.8 Å². The largest absolute Gasteiger partial charge is 0.327 e. The third-order valence-corrected chi connectivity index (χ3v) is 5.21. The van der Waals surface area contributed by atoms with Crippen LogP contribution in [-0.2, 0) is 10.0 Å². The van der Waals surface area contributed by atoms with Gasteiger partial charge in [-0.05, 0) is 36.4 Å². The van der Waals surface area contributed by atoms with Crippen molar-refractivity contribution in [2.75, 3.05) is 22.6 Å². The predicted molar refractivity (Wildman–Crippen MR) is 106 cm³/mol. The molecule has 9 nitrogen and oxygen atoms in total. The summed E-state index contributed by atoms with van der Waals surface area (Å²) < 4.78 is 22.7. The van der Waals surface area contributed by atoms with Crippen molar-refractivity contribution >= 4 is 44.8 Å². The minimum atomic E-state index is -3.76. The summed E-state index contributed by atoms with van der Waals surface area (Å²) in [5.74, 6) is 0.587. The number of rotatable bonds is 3. The summed E-state index contributed by atoms with van der Waals surface area (Å²) in [4.78, 5) is 23.0. The monoisotopic (exact) mass is 396 g/mol. The van der Waals surface area contributed by atoms with Gasteiger partial charge in [-0.2, -0.15) is 4.98 Å². The highest BCUT2D eigenvalue weighted by molar-refractivity contribution is 7.89. The number of hydrogen-bond acceptors (Lipinski definition) is 7. The second kappa shape index (κ2) is 6.59. The van der Waals surface area contributed by atoms with E-state index < -0.39 is 10.0 Å². The van der Waals surface area contributed by atoms with Crippen molar-refractivity contribution in [3.05, 3.63) is 60.3 Å². The zero-order chi connectivity index (χ0) is 19.9. The predicted octanol–water partition coefficient (Wildman–Crippen LogP) is 2.20. The van der Waals surface area contributed by atoms with Gasteiger partial charge in [-0.15, -0.1) is 0 Å². The summed E-state index contributed by atoms with van der Waals surface area (Å²) in [6.45, 7) is 0. The summed E-state index contributed by atoms with van der Waals surface area (Å²) in [7, 11) is -1.94. The van der Waals surface area contributed by atoms with E-state index in [1.165, 1.54) is 18.3 Å². The molecule has 0 radical (unpaired) electrons. The normalized spacial score (nSPS) is 13.2. The van der Waals surface area contributed by atoms with Crippen molar-refractivity contribution in [2.45, 2.75) is 4.90 Å². The molecule has 4 N–H and O–H groups in total. The number of carbonyl (C=O) groups excluding carboxylic acids is 1. The Bertz CT molecular complexity index is 1180. The van der Waals surface area contributed by atoms with Crippen molar-refractivity contribution in [3.8, 4) is 0 Å². The highest BCUT2D eigenvalue weighted by Gasteiger charge is 2.24. The summed E-state index contributed by atoms with van der Waals surface area (Å²) in [5, 5.41) is 10.9. The number of anilines is 5. The topological polar surface area (TPSA) is 130 Å². The smallest absolute Gasteiger partial charge is 0.257 e. The van der Waals surface area contributed by atoms with E-state index in [4.69, 9.17) is 5.14 Å². The lowest BCUT2D eigenvalue weighted by Crippen LogP contribution is -2.13. The molecule has 0 saturated heterocycles. The van der Waals surface area contributed by atoms with Crippen LogP contribution in [0.5, 0.6) is 0 Å². The molecule has 28 heavy (non-hydrogen) atoms. The number of fused-ring (bicyclic) bond motifs is 2. The van der Waals surface area contributed by atoms with Gasteiger partial charge in [-0.1, -0.05) is 12.1 Å². The summed E-state index contributed by atoms with van der Waals surface area (Å²) in [6, 6.07) is 13.1. The summed E-state index contributed by atoms with van der Waals surface area (Å²) in [5.41, 5.74) is 2.34. The molecule has 1 aliphatic rings. The minimum absolute atomic E-state index is 0.0138. The molecule has 0 aliphatic carbocycles. The zero-order valence-electron chi connectivity index (χ0n) is 14.7. The number of benzene rings is 2. The first-order valence-corrected chi connectivity index (χ1v) is 9.78. The number of amides is 1. The lowest BCUT2D eigenvalue weighted by molar-refractivity contribution is 0.102. The van der Waals surface area contributed by atoms with Gasteiger partial charge in [-0.3, -0.25) is 4.79 Å². The van der Waals surface area contributed by atoms with Crippen LogP contribution in [-0.4, -0.2) is 31.3 Å². The molecule has 0 atom stereocenters. The highest BCUT2D eigenvalue weighted by atomic mass is 32.2. The van der Waals surface area contributed by atoms with Gasteiger partial charge in [-0.25, -0.2) is 18.5 Å². The molecular weight excluding hydrogens is 380 g/mol. The lowest BCUT2D eigenvalue weighted by atomic mass is 10.1. The summed E-state index contributed by atoms with van der Waals surface area (Å²) in [6.07, 6.45) is 1.52. The van der Waals surface area contributed by atoms with Crippen molar-refractivity contribution in [1.82, 2.24) is 9.97 Å². The zero-order valence-corrected chi connectivity index (χ0v) is 15.6. The third-order valence-electron chi connectivity index (χ3n) is 4.28. The Labute approximate surface area is 161 Å².